The molecule has 2 rings (SSSR count). The van der Waals surface area contributed by atoms with Crippen molar-refractivity contribution < 1.29 is 9.15 Å². The highest BCUT2D eigenvalue weighted by Crippen LogP contribution is 2.47. The molecule has 0 amide bonds. The van der Waals surface area contributed by atoms with E-state index in [1.807, 2.05) is 6.07 Å². The van der Waals surface area contributed by atoms with E-state index in [1.165, 1.54) is 12.8 Å². The lowest BCUT2D eigenvalue weighted by Crippen LogP contribution is -2.49. The van der Waals surface area contributed by atoms with Crippen molar-refractivity contribution >= 4 is 0 Å². The molecular weight excluding hydrogens is 262 g/mol. The summed E-state index contributed by atoms with van der Waals surface area (Å²) in [6.07, 6.45) is 7.48. The van der Waals surface area contributed by atoms with E-state index in [-0.39, 0.29) is 11.6 Å². The molecule has 0 aromatic carbocycles. The summed E-state index contributed by atoms with van der Waals surface area (Å²) in [5, 5.41) is 3.68. The Hall–Kier alpha value is -0.800. The maximum atomic E-state index is 6.32. The minimum Gasteiger partial charge on any atom is -0.468 e. The van der Waals surface area contributed by atoms with Gasteiger partial charge in [-0.1, -0.05) is 20.8 Å². The number of rotatable bonds is 7. The molecule has 0 saturated heterocycles. The van der Waals surface area contributed by atoms with Crippen molar-refractivity contribution in [1.29, 1.82) is 0 Å². The first-order chi connectivity index (χ1) is 10.0. The highest BCUT2D eigenvalue weighted by atomic mass is 16.5. The summed E-state index contributed by atoms with van der Waals surface area (Å²) in [6.45, 7) is 10.8. The van der Waals surface area contributed by atoms with E-state index in [9.17, 15) is 0 Å². The molecule has 3 heteroatoms. The van der Waals surface area contributed by atoms with Gasteiger partial charge in [0.1, 0.15) is 5.76 Å². The lowest BCUT2D eigenvalue weighted by molar-refractivity contribution is -0.111. The number of hydrogen-bond donors (Lipinski definition) is 1. The Morgan fingerprint density at radius 3 is 2.48 bits per heavy atom. The van der Waals surface area contributed by atoms with Gasteiger partial charge in [0, 0.05) is 6.61 Å². The van der Waals surface area contributed by atoms with Crippen LogP contribution in [0.2, 0.25) is 0 Å². The van der Waals surface area contributed by atoms with E-state index < -0.39 is 0 Å². The lowest BCUT2D eigenvalue weighted by atomic mass is 9.68. The second kappa shape index (κ2) is 6.97. The van der Waals surface area contributed by atoms with Crippen LogP contribution in [0.25, 0.3) is 0 Å². The molecule has 0 spiro atoms. The van der Waals surface area contributed by atoms with E-state index >= 15 is 0 Å². The van der Waals surface area contributed by atoms with Gasteiger partial charge in [-0.15, -0.1) is 0 Å². The molecule has 1 unspecified atom stereocenters. The van der Waals surface area contributed by atoms with Crippen LogP contribution >= 0.6 is 0 Å². The average Bonchev–Trinajstić information content (AvgIpc) is 2.97. The molecule has 1 atom stereocenters. The fraction of sp³-hybridized carbons (Fsp3) is 0.778. The quantitative estimate of drug-likeness (QED) is 0.791. The highest BCUT2D eigenvalue weighted by Gasteiger charge is 2.46. The van der Waals surface area contributed by atoms with Gasteiger partial charge in [0.2, 0.25) is 0 Å². The standard InChI is InChI=1S/C18H31NO2/c1-5-13-19-16(15-8-7-14-20-15)18(21-6-2)11-9-17(3,4)10-12-18/h7-8,14,16,19H,5-6,9-13H2,1-4H3. The Balaban J connectivity index is 2.24. The van der Waals surface area contributed by atoms with Crippen molar-refractivity contribution in [2.24, 2.45) is 5.41 Å². The normalized spacial score (nSPS) is 22.1. The summed E-state index contributed by atoms with van der Waals surface area (Å²) in [7, 11) is 0. The van der Waals surface area contributed by atoms with Crippen LogP contribution in [0.1, 0.15) is 71.6 Å². The number of nitrogens with one attached hydrogen (secondary N) is 1. The number of hydrogen-bond acceptors (Lipinski definition) is 3. The maximum Gasteiger partial charge on any atom is 0.123 e. The molecule has 1 aliphatic rings. The third-order valence-electron chi connectivity index (χ3n) is 4.83. The molecule has 0 aliphatic heterocycles. The summed E-state index contributed by atoms with van der Waals surface area (Å²) < 4.78 is 12.1. The van der Waals surface area contributed by atoms with Crippen molar-refractivity contribution in [2.75, 3.05) is 13.2 Å². The minimum absolute atomic E-state index is 0.128. The largest absolute Gasteiger partial charge is 0.468 e. The third kappa shape index (κ3) is 3.89. The fourth-order valence-electron chi connectivity index (χ4n) is 3.44. The zero-order chi connectivity index (χ0) is 15.3. The molecule has 1 aliphatic carbocycles. The summed E-state index contributed by atoms with van der Waals surface area (Å²) in [5.74, 6) is 1.01. The molecule has 1 aromatic heterocycles. The Morgan fingerprint density at radius 1 is 1.24 bits per heavy atom. The van der Waals surface area contributed by atoms with Crippen molar-refractivity contribution in [3.8, 4) is 0 Å². The Kier molecular flexibility index (Phi) is 5.50. The number of ether oxygens (including phenoxy) is 1. The molecular formula is C18H31NO2. The summed E-state index contributed by atoms with van der Waals surface area (Å²) in [4.78, 5) is 0. The summed E-state index contributed by atoms with van der Waals surface area (Å²) in [6, 6.07) is 4.21. The van der Waals surface area contributed by atoms with Crippen molar-refractivity contribution in [3.05, 3.63) is 24.2 Å². The molecule has 1 fully saturated rings. The molecule has 120 valence electrons. The van der Waals surface area contributed by atoms with Crippen molar-refractivity contribution in [3.63, 3.8) is 0 Å². The van der Waals surface area contributed by atoms with Gasteiger partial charge in [-0.25, -0.2) is 0 Å². The monoisotopic (exact) mass is 293 g/mol. The summed E-state index contributed by atoms with van der Waals surface area (Å²) in [5.41, 5.74) is 0.302. The molecule has 1 aromatic rings. The predicted octanol–water partition coefficient (Wildman–Crippen LogP) is 4.70. The molecule has 1 saturated carbocycles. The van der Waals surface area contributed by atoms with Gasteiger partial charge < -0.3 is 14.5 Å². The zero-order valence-electron chi connectivity index (χ0n) is 14.1. The van der Waals surface area contributed by atoms with Gasteiger partial charge in [0.05, 0.1) is 17.9 Å². The van der Waals surface area contributed by atoms with Crippen LogP contribution < -0.4 is 5.32 Å². The average molecular weight is 293 g/mol. The molecule has 0 bridgehead atoms. The third-order valence-corrected chi connectivity index (χ3v) is 4.83. The second-order valence-electron chi connectivity index (χ2n) is 7.06. The van der Waals surface area contributed by atoms with Crippen molar-refractivity contribution in [1.82, 2.24) is 5.32 Å². The van der Waals surface area contributed by atoms with E-state index in [0.29, 0.717) is 5.41 Å². The van der Waals surface area contributed by atoms with Gasteiger partial charge in [0.25, 0.3) is 0 Å². The predicted molar refractivity (Wildman–Crippen MR) is 86.3 cm³/mol. The molecule has 0 radical (unpaired) electrons. The summed E-state index contributed by atoms with van der Waals surface area (Å²) >= 11 is 0. The van der Waals surface area contributed by atoms with Crippen LogP contribution in [-0.2, 0) is 4.74 Å². The minimum atomic E-state index is -0.128. The van der Waals surface area contributed by atoms with Crippen LogP contribution in [0.4, 0.5) is 0 Å². The first-order valence-electron chi connectivity index (χ1n) is 8.44. The van der Waals surface area contributed by atoms with Gasteiger partial charge in [-0.05, 0) is 63.1 Å². The van der Waals surface area contributed by atoms with Crippen LogP contribution in [0, 0.1) is 5.41 Å². The Morgan fingerprint density at radius 2 is 1.95 bits per heavy atom. The zero-order valence-corrected chi connectivity index (χ0v) is 14.1. The van der Waals surface area contributed by atoms with Crippen LogP contribution in [0.3, 0.4) is 0 Å². The van der Waals surface area contributed by atoms with Crippen LogP contribution in [-0.4, -0.2) is 18.8 Å². The smallest absolute Gasteiger partial charge is 0.123 e. The van der Waals surface area contributed by atoms with E-state index in [0.717, 1.165) is 38.2 Å². The Bertz CT molecular complexity index is 401. The fourth-order valence-corrected chi connectivity index (χ4v) is 3.44. The second-order valence-corrected chi connectivity index (χ2v) is 7.06. The number of furan rings is 1. The van der Waals surface area contributed by atoms with E-state index in [1.54, 1.807) is 6.26 Å². The maximum absolute atomic E-state index is 6.32. The molecule has 21 heavy (non-hydrogen) atoms. The molecule has 1 heterocycles. The van der Waals surface area contributed by atoms with Gasteiger partial charge >= 0.3 is 0 Å². The van der Waals surface area contributed by atoms with Gasteiger partial charge in [0.15, 0.2) is 0 Å². The van der Waals surface area contributed by atoms with Gasteiger partial charge in [-0.3, -0.25) is 0 Å². The first kappa shape index (κ1) is 16.6. The SMILES string of the molecule is CCCNC(c1ccco1)C1(OCC)CCC(C)(C)CC1. The van der Waals surface area contributed by atoms with Crippen molar-refractivity contribution in [2.45, 2.75) is 71.4 Å². The molecule has 3 nitrogen and oxygen atoms in total. The Labute approximate surface area is 129 Å². The first-order valence-corrected chi connectivity index (χ1v) is 8.44. The lowest BCUT2D eigenvalue weighted by Gasteiger charge is -2.47. The van der Waals surface area contributed by atoms with Gasteiger partial charge in [-0.2, -0.15) is 0 Å². The van der Waals surface area contributed by atoms with E-state index in [4.69, 9.17) is 9.15 Å². The van der Waals surface area contributed by atoms with Crippen LogP contribution in [0.5, 0.6) is 0 Å². The highest BCUT2D eigenvalue weighted by molar-refractivity contribution is 5.13. The van der Waals surface area contributed by atoms with Crippen LogP contribution in [0.15, 0.2) is 22.8 Å². The molecule has 1 N–H and O–H groups in total. The van der Waals surface area contributed by atoms with E-state index in [2.05, 4.69) is 39.1 Å². The topological polar surface area (TPSA) is 34.4 Å².